The minimum absolute atomic E-state index is 0.388. The van der Waals surface area contributed by atoms with Gasteiger partial charge in [0.2, 0.25) is 0 Å². The van der Waals surface area contributed by atoms with Crippen LogP contribution in [-0.2, 0) is 11.2 Å². The highest BCUT2D eigenvalue weighted by Crippen LogP contribution is 2.27. The molecule has 0 aliphatic carbocycles. The van der Waals surface area contributed by atoms with Crippen LogP contribution in [0, 0.1) is 0 Å². The first-order chi connectivity index (χ1) is 9.85. The van der Waals surface area contributed by atoms with Crippen LogP contribution in [0.1, 0.15) is 26.3 Å². The van der Waals surface area contributed by atoms with E-state index in [-0.39, 0.29) is 6.09 Å². The fraction of sp³-hybridized carbons (Fsp3) is 0.438. The quantitative estimate of drug-likeness (QED) is 0.943. The van der Waals surface area contributed by atoms with Crippen molar-refractivity contribution in [2.45, 2.75) is 32.8 Å². The molecule has 2 rings (SSSR count). The van der Waals surface area contributed by atoms with Gasteiger partial charge in [0, 0.05) is 11.6 Å². The summed E-state index contributed by atoms with van der Waals surface area (Å²) in [4.78, 5) is 12.3. The lowest BCUT2D eigenvalue weighted by molar-refractivity contribution is 0.0544. The Morgan fingerprint density at radius 1 is 1.33 bits per heavy atom. The van der Waals surface area contributed by atoms with E-state index in [2.05, 4.69) is 0 Å². The Bertz CT molecular complexity index is 653. The molecular formula is C16H22N2O3. The second-order valence-corrected chi connectivity index (χ2v) is 5.93. The molecular weight excluding hydrogens is 268 g/mol. The third kappa shape index (κ3) is 3.36. The van der Waals surface area contributed by atoms with Crippen molar-refractivity contribution < 1.29 is 14.3 Å². The molecule has 114 valence electrons. The van der Waals surface area contributed by atoms with Gasteiger partial charge in [-0.15, -0.1) is 0 Å². The van der Waals surface area contributed by atoms with E-state index in [1.165, 1.54) is 4.57 Å². The Kier molecular flexibility index (Phi) is 4.23. The molecule has 0 fully saturated rings. The third-order valence-electron chi connectivity index (χ3n) is 3.10. The molecule has 21 heavy (non-hydrogen) atoms. The molecule has 5 heteroatoms. The average molecular weight is 290 g/mol. The Labute approximate surface area is 124 Å². The molecule has 0 atom stereocenters. The van der Waals surface area contributed by atoms with Gasteiger partial charge >= 0.3 is 6.09 Å². The van der Waals surface area contributed by atoms with Crippen LogP contribution in [0.25, 0.3) is 10.9 Å². The van der Waals surface area contributed by atoms with Crippen LogP contribution in [0.15, 0.2) is 24.4 Å². The second kappa shape index (κ2) is 5.77. The summed E-state index contributed by atoms with van der Waals surface area (Å²) in [6.07, 6.45) is 2.10. The summed E-state index contributed by atoms with van der Waals surface area (Å²) in [6, 6.07) is 5.61. The van der Waals surface area contributed by atoms with Crippen molar-refractivity contribution in [2.24, 2.45) is 5.73 Å². The summed E-state index contributed by atoms with van der Waals surface area (Å²) in [5.41, 5.74) is 6.93. The molecule has 0 bridgehead atoms. The van der Waals surface area contributed by atoms with E-state index < -0.39 is 5.60 Å². The van der Waals surface area contributed by atoms with E-state index in [1.807, 2.05) is 39.0 Å². The molecule has 1 heterocycles. The number of carbonyl (C=O) groups is 1. The first kappa shape index (κ1) is 15.4. The van der Waals surface area contributed by atoms with E-state index in [9.17, 15) is 4.79 Å². The maximum atomic E-state index is 12.3. The number of carbonyl (C=O) groups excluding carboxylic acids is 1. The van der Waals surface area contributed by atoms with Gasteiger partial charge in [0.25, 0.3) is 0 Å². The minimum atomic E-state index is -0.534. The Morgan fingerprint density at radius 3 is 2.62 bits per heavy atom. The molecule has 0 aliphatic rings. The Balaban J connectivity index is 2.51. The van der Waals surface area contributed by atoms with Gasteiger partial charge in [0.15, 0.2) is 0 Å². The van der Waals surface area contributed by atoms with Crippen molar-refractivity contribution in [1.29, 1.82) is 0 Å². The van der Waals surface area contributed by atoms with Gasteiger partial charge in [-0.1, -0.05) is 0 Å². The van der Waals surface area contributed by atoms with Crippen LogP contribution in [0.2, 0.25) is 0 Å². The van der Waals surface area contributed by atoms with E-state index in [4.69, 9.17) is 15.2 Å². The molecule has 2 aromatic rings. The zero-order chi connectivity index (χ0) is 15.6. The number of rotatable bonds is 3. The fourth-order valence-electron chi connectivity index (χ4n) is 2.22. The van der Waals surface area contributed by atoms with Gasteiger partial charge in [0.05, 0.1) is 12.6 Å². The van der Waals surface area contributed by atoms with Crippen molar-refractivity contribution in [1.82, 2.24) is 4.57 Å². The first-order valence-corrected chi connectivity index (χ1v) is 6.97. The van der Waals surface area contributed by atoms with Crippen molar-refractivity contribution in [3.05, 3.63) is 30.0 Å². The minimum Gasteiger partial charge on any atom is -0.497 e. The third-order valence-corrected chi connectivity index (χ3v) is 3.10. The number of benzene rings is 1. The van der Waals surface area contributed by atoms with Crippen molar-refractivity contribution in [3.8, 4) is 5.75 Å². The summed E-state index contributed by atoms with van der Waals surface area (Å²) >= 11 is 0. The van der Waals surface area contributed by atoms with E-state index in [0.29, 0.717) is 13.0 Å². The van der Waals surface area contributed by atoms with Crippen LogP contribution in [0.5, 0.6) is 5.75 Å². The predicted octanol–water partition coefficient (Wildman–Crippen LogP) is 2.93. The van der Waals surface area contributed by atoms with Gasteiger partial charge in [-0.25, -0.2) is 4.79 Å². The molecule has 0 amide bonds. The van der Waals surface area contributed by atoms with Crippen LogP contribution >= 0.6 is 0 Å². The predicted molar refractivity (Wildman–Crippen MR) is 82.9 cm³/mol. The fourth-order valence-corrected chi connectivity index (χ4v) is 2.22. The highest BCUT2D eigenvalue weighted by molar-refractivity contribution is 5.93. The van der Waals surface area contributed by atoms with Gasteiger partial charge < -0.3 is 15.2 Å². The molecule has 0 unspecified atom stereocenters. The van der Waals surface area contributed by atoms with Gasteiger partial charge in [0.1, 0.15) is 11.4 Å². The standard InChI is InChI=1S/C16H22N2O3/c1-16(2,3)21-15(19)18-10-11(7-8-17)13-9-12(20-4)5-6-14(13)18/h5-6,9-10H,7-8,17H2,1-4H3. The largest absolute Gasteiger partial charge is 0.497 e. The summed E-state index contributed by atoms with van der Waals surface area (Å²) in [7, 11) is 1.62. The van der Waals surface area contributed by atoms with Crippen LogP contribution in [-0.4, -0.2) is 29.9 Å². The summed E-state index contributed by atoms with van der Waals surface area (Å²) in [5, 5.41) is 0.964. The zero-order valence-corrected chi connectivity index (χ0v) is 13.0. The topological polar surface area (TPSA) is 66.5 Å². The number of nitrogens with zero attached hydrogens (tertiary/aromatic N) is 1. The normalized spacial score (nSPS) is 11.7. The molecule has 0 aliphatic heterocycles. The summed E-state index contributed by atoms with van der Waals surface area (Å²) in [5.74, 6) is 0.753. The molecule has 2 N–H and O–H groups in total. The number of hydrogen-bond acceptors (Lipinski definition) is 4. The molecule has 0 saturated carbocycles. The van der Waals surface area contributed by atoms with Crippen molar-refractivity contribution >= 4 is 17.0 Å². The smallest absolute Gasteiger partial charge is 0.419 e. The van der Waals surface area contributed by atoms with Gasteiger partial charge in [-0.3, -0.25) is 4.57 Å². The van der Waals surface area contributed by atoms with E-state index >= 15 is 0 Å². The Hall–Kier alpha value is -2.01. The molecule has 0 spiro atoms. The van der Waals surface area contributed by atoms with Crippen LogP contribution in [0.3, 0.4) is 0 Å². The molecule has 1 aromatic heterocycles. The number of fused-ring (bicyclic) bond motifs is 1. The lowest BCUT2D eigenvalue weighted by Crippen LogP contribution is -2.26. The summed E-state index contributed by atoms with van der Waals surface area (Å²) in [6.45, 7) is 6.06. The van der Waals surface area contributed by atoms with Gasteiger partial charge in [-0.05, 0) is 57.5 Å². The lowest BCUT2D eigenvalue weighted by Gasteiger charge is -2.19. The number of aromatic nitrogens is 1. The van der Waals surface area contributed by atoms with Gasteiger partial charge in [-0.2, -0.15) is 0 Å². The molecule has 5 nitrogen and oxygen atoms in total. The highest BCUT2D eigenvalue weighted by Gasteiger charge is 2.20. The number of ether oxygens (including phenoxy) is 2. The lowest BCUT2D eigenvalue weighted by atomic mass is 10.1. The van der Waals surface area contributed by atoms with Crippen LogP contribution < -0.4 is 10.5 Å². The van der Waals surface area contributed by atoms with Crippen LogP contribution in [0.4, 0.5) is 4.79 Å². The maximum absolute atomic E-state index is 12.3. The average Bonchev–Trinajstić information content (AvgIpc) is 2.75. The maximum Gasteiger partial charge on any atom is 0.419 e. The molecule has 0 radical (unpaired) electrons. The SMILES string of the molecule is COc1ccc2c(c1)c(CCN)cn2C(=O)OC(C)(C)C. The van der Waals surface area contributed by atoms with E-state index in [1.54, 1.807) is 13.3 Å². The first-order valence-electron chi connectivity index (χ1n) is 6.97. The molecule has 0 saturated heterocycles. The Morgan fingerprint density at radius 2 is 2.05 bits per heavy atom. The molecule has 1 aromatic carbocycles. The zero-order valence-electron chi connectivity index (χ0n) is 13.0. The van der Waals surface area contributed by atoms with Crippen molar-refractivity contribution in [2.75, 3.05) is 13.7 Å². The number of hydrogen-bond donors (Lipinski definition) is 1. The van der Waals surface area contributed by atoms with E-state index in [0.717, 1.165) is 22.2 Å². The number of nitrogens with two attached hydrogens (primary N) is 1. The van der Waals surface area contributed by atoms with Crippen molar-refractivity contribution in [3.63, 3.8) is 0 Å². The summed E-state index contributed by atoms with van der Waals surface area (Å²) < 4.78 is 12.2. The monoisotopic (exact) mass is 290 g/mol. The second-order valence-electron chi connectivity index (χ2n) is 5.93. The number of methoxy groups -OCH3 is 1. The highest BCUT2D eigenvalue weighted by atomic mass is 16.6.